The monoisotopic (exact) mass is 476 g/mol. The van der Waals surface area contributed by atoms with Crippen LogP contribution in [-0.4, -0.2) is 39.4 Å². The van der Waals surface area contributed by atoms with E-state index >= 15 is 0 Å². The predicted molar refractivity (Wildman–Crippen MR) is 108 cm³/mol. The van der Waals surface area contributed by atoms with Crippen LogP contribution in [0.1, 0.15) is 23.6 Å². The van der Waals surface area contributed by atoms with Crippen LogP contribution in [0.2, 0.25) is 5.02 Å². The molecule has 6 nitrogen and oxygen atoms in total. The number of primary amides is 1. The highest BCUT2D eigenvalue weighted by atomic mass is 35.5. The second kappa shape index (κ2) is 9.61. The van der Waals surface area contributed by atoms with E-state index in [1.165, 1.54) is 22.9 Å². The maximum Gasteiger partial charge on any atom is 0.455 e. The lowest BCUT2D eigenvalue weighted by molar-refractivity contribution is -0.297. The molecule has 0 aliphatic rings. The summed E-state index contributed by atoms with van der Waals surface area (Å²) >= 11 is 6.03. The first-order valence-corrected chi connectivity index (χ1v) is 9.01. The lowest BCUT2D eigenvalue weighted by atomic mass is 10.2. The molecule has 32 heavy (non-hydrogen) atoms. The molecule has 0 unspecified atom stereocenters. The molecule has 2 N–H and O–H groups in total. The van der Waals surface area contributed by atoms with E-state index in [2.05, 4.69) is 14.8 Å². The molecule has 1 amide bonds. The minimum atomic E-state index is -5.73. The molecule has 0 aliphatic heterocycles. The molecule has 0 fully saturated rings. The zero-order valence-electron chi connectivity index (χ0n) is 15.5. The fraction of sp³-hybridized carbons (Fsp3) is 0.250. The summed E-state index contributed by atoms with van der Waals surface area (Å²) < 4.78 is 68.8. The highest BCUT2D eigenvalue weighted by Gasteiger charge is 2.57. The maximum atomic E-state index is 13.0. The van der Waals surface area contributed by atoms with Gasteiger partial charge >= 0.3 is 12.1 Å². The summed E-state index contributed by atoms with van der Waals surface area (Å²) in [7, 11) is 0. The van der Waals surface area contributed by atoms with Crippen molar-refractivity contribution in [3.63, 3.8) is 0 Å². The van der Waals surface area contributed by atoms with Crippen LogP contribution in [0.15, 0.2) is 48.5 Å². The summed E-state index contributed by atoms with van der Waals surface area (Å²) in [5.41, 5.74) is 6.31. The summed E-state index contributed by atoms with van der Waals surface area (Å²) in [4.78, 5) is 15.7. The minimum absolute atomic E-state index is 0. The molecule has 1 aromatic heterocycles. The Hall–Kier alpha value is -3.05. The van der Waals surface area contributed by atoms with Crippen molar-refractivity contribution in [3.05, 3.63) is 64.9 Å². The van der Waals surface area contributed by atoms with Gasteiger partial charge in [0.1, 0.15) is 6.61 Å². The third kappa shape index (κ3) is 5.40. The smallest absolute Gasteiger partial charge is 0.370 e. The number of ether oxygens (including phenoxy) is 1. The van der Waals surface area contributed by atoms with Crippen molar-refractivity contribution in [2.24, 2.45) is 5.73 Å². The first kappa shape index (κ1) is 25.2. The van der Waals surface area contributed by atoms with Crippen molar-refractivity contribution in [2.45, 2.75) is 26.1 Å². The van der Waals surface area contributed by atoms with E-state index in [1.54, 1.807) is 30.3 Å². The number of nitrogens with two attached hydrogens (primary N) is 1. The summed E-state index contributed by atoms with van der Waals surface area (Å²) in [5.74, 6) is -5.88. The summed E-state index contributed by atoms with van der Waals surface area (Å²) in [5, 5.41) is 4.14. The number of rotatable bonds is 7. The molecular formula is C20H18ClF5N4O2. The molecule has 0 saturated heterocycles. The van der Waals surface area contributed by atoms with Gasteiger partial charge in [0.15, 0.2) is 5.82 Å². The number of nitrogens with zero attached hydrogens (tertiary/aromatic N) is 3. The van der Waals surface area contributed by atoms with Gasteiger partial charge in [0.2, 0.25) is 5.82 Å². The highest BCUT2D eigenvalue weighted by Crippen LogP contribution is 2.36. The van der Waals surface area contributed by atoms with E-state index in [0.717, 1.165) is 0 Å². The molecule has 2 aromatic carbocycles. The number of benzene rings is 2. The Bertz CT molecular complexity index is 1090. The van der Waals surface area contributed by atoms with Crippen LogP contribution in [-0.2, 0) is 11.3 Å². The van der Waals surface area contributed by atoms with Crippen molar-refractivity contribution < 1.29 is 31.5 Å². The number of aromatic nitrogens is 3. The fourth-order valence-corrected chi connectivity index (χ4v) is 2.72. The van der Waals surface area contributed by atoms with Crippen LogP contribution in [0.3, 0.4) is 0 Å². The second-order valence-electron chi connectivity index (χ2n) is 6.37. The Morgan fingerprint density at radius 1 is 1.09 bits per heavy atom. The molecule has 0 radical (unpaired) electrons. The lowest BCUT2D eigenvalue weighted by Gasteiger charge is -2.19. The van der Waals surface area contributed by atoms with Gasteiger partial charge in [-0.15, -0.1) is 5.10 Å². The van der Waals surface area contributed by atoms with Gasteiger partial charge in [0, 0.05) is 10.6 Å². The Balaban J connectivity index is 0.00000363. The predicted octanol–water partition coefficient (Wildman–Crippen LogP) is 5.04. The molecular weight excluding hydrogens is 459 g/mol. The van der Waals surface area contributed by atoms with E-state index in [0.29, 0.717) is 11.3 Å². The molecule has 172 valence electrons. The van der Waals surface area contributed by atoms with Crippen LogP contribution in [0.5, 0.6) is 0 Å². The first-order chi connectivity index (χ1) is 14.5. The Labute approximate surface area is 184 Å². The third-order valence-corrected chi connectivity index (χ3v) is 4.46. The summed E-state index contributed by atoms with van der Waals surface area (Å²) in [6.45, 7) is -2.47. The molecule has 0 bridgehead atoms. The average molecular weight is 477 g/mol. The van der Waals surface area contributed by atoms with Crippen molar-refractivity contribution in [1.29, 1.82) is 0 Å². The molecule has 0 saturated carbocycles. The first-order valence-electron chi connectivity index (χ1n) is 8.63. The van der Waals surface area contributed by atoms with Gasteiger partial charge in [0.05, 0.1) is 12.3 Å². The molecule has 0 aliphatic carbocycles. The molecule has 3 aromatic rings. The number of amides is 1. The van der Waals surface area contributed by atoms with Crippen molar-refractivity contribution in [3.8, 4) is 17.1 Å². The van der Waals surface area contributed by atoms with Crippen LogP contribution in [0.4, 0.5) is 22.0 Å². The highest BCUT2D eigenvalue weighted by molar-refractivity contribution is 6.31. The van der Waals surface area contributed by atoms with E-state index < -0.39 is 31.2 Å². The molecule has 3 rings (SSSR count). The van der Waals surface area contributed by atoms with Crippen molar-refractivity contribution in [1.82, 2.24) is 14.8 Å². The molecule has 1 heterocycles. The maximum absolute atomic E-state index is 13.0. The van der Waals surface area contributed by atoms with E-state index in [4.69, 9.17) is 17.3 Å². The quantitative estimate of drug-likeness (QED) is 0.484. The van der Waals surface area contributed by atoms with E-state index in [-0.39, 0.29) is 29.7 Å². The van der Waals surface area contributed by atoms with Crippen molar-refractivity contribution >= 4 is 17.5 Å². The number of carbonyl (C=O) groups is 1. The number of hydrogen-bond acceptors (Lipinski definition) is 4. The normalized spacial score (nSPS) is 11.8. The van der Waals surface area contributed by atoms with Gasteiger partial charge < -0.3 is 10.5 Å². The Kier molecular flexibility index (Phi) is 7.58. The van der Waals surface area contributed by atoms with Gasteiger partial charge in [-0.25, -0.2) is 9.67 Å². The summed E-state index contributed by atoms with van der Waals surface area (Å²) in [6.07, 6.45) is -5.73. The van der Waals surface area contributed by atoms with Gasteiger partial charge in [-0.3, -0.25) is 4.79 Å². The van der Waals surface area contributed by atoms with Gasteiger partial charge in [0.25, 0.3) is 5.91 Å². The standard InChI is InChI=1S/C19H14ClF5N4O2.CH4/c20-14-7-6-13(8-12(14)9-31-10-18(21,22)19(23,24)25)29-17(11-4-2-1-3-5-11)27-16(28-29)15(26)30;/h1-8H,9-10H2,(H2,26,30);1H4. The summed E-state index contributed by atoms with van der Waals surface area (Å²) in [6, 6.07) is 12.9. The number of carbonyl (C=O) groups excluding carboxylic acids is 1. The minimum Gasteiger partial charge on any atom is -0.370 e. The average Bonchev–Trinajstić information content (AvgIpc) is 3.15. The van der Waals surface area contributed by atoms with Gasteiger partial charge in [-0.05, 0) is 23.8 Å². The zero-order chi connectivity index (χ0) is 22.8. The van der Waals surface area contributed by atoms with E-state index in [1.807, 2.05) is 0 Å². The SMILES string of the molecule is C.NC(=O)c1nc(-c2ccccc2)n(-c2ccc(Cl)c(COCC(F)(F)C(F)(F)F)c2)n1. The Morgan fingerprint density at radius 2 is 1.75 bits per heavy atom. The van der Waals surface area contributed by atoms with Crippen LogP contribution < -0.4 is 5.73 Å². The Morgan fingerprint density at radius 3 is 2.34 bits per heavy atom. The van der Waals surface area contributed by atoms with Gasteiger partial charge in [-0.1, -0.05) is 49.4 Å². The molecule has 12 heteroatoms. The fourth-order valence-electron chi connectivity index (χ4n) is 2.55. The van der Waals surface area contributed by atoms with Gasteiger partial charge in [-0.2, -0.15) is 22.0 Å². The number of alkyl halides is 5. The largest absolute Gasteiger partial charge is 0.455 e. The molecule has 0 atom stereocenters. The van der Waals surface area contributed by atoms with Crippen LogP contribution in [0, 0.1) is 0 Å². The zero-order valence-corrected chi connectivity index (χ0v) is 16.3. The number of halogens is 6. The molecule has 0 spiro atoms. The number of hydrogen-bond donors (Lipinski definition) is 1. The van der Waals surface area contributed by atoms with Crippen LogP contribution >= 0.6 is 11.6 Å². The lowest BCUT2D eigenvalue weighted by Crippen LogP contribution is -2.40. The van der Waals surface area contributed by atoms with E-state index in [9.17, 15) is 26.7 Å². The van der Waals surface area contributed by atoms with Crippen molar-refractivity contribution in [2.75, 3.05) is 6.61 Å². The topological polar surface area (TPSA) is 83.0 Å². The van der Waals surface area contributed by atoms with Crippen LogP contribution in [0.25, 0.3) is 17.1 Å². The third-order valence-electron chi connectivity index (χ3n) is 4.09. The second-order valence-corrected chi connectivity index (χ2v) is 6.78.